The minimum absolute atomic E-state index is 0. The van der Waals surface area contributed by atoms with Crippen molar-refractivity contribution in [1.29, 1.82) is 0 Å². The molecule has 2 aliphatic carbocycles. The van der Waals surface area contributed by atoms with Gasteiger partial charge in [0.15, 0.2) is 5.78 Å². The number of fused-ring (bicyclic) bond motifs is 1. The number of nitrogens with one attached hydrogen (secondary N) is 1. The Labute approximate surface area is 271 Å². The number of hydrogen-bond donors (Lipinski definition) is 1. The van der Waals surface area contributed by atoms with Gasteiger partial charge in [-0.1, -0.05) is 12.8 Å². The smallest absolute Gasteiger partial charge is 0.251 e. The molecular weight excluding hydrogens is 601 g/mol. The first kappa shape index (κ1) is 36.1. The second kappa shape index (κ2) is 15.6. The number of carbonyl (C=O) groups excluding carboxylic acids is 3. The number of carbonyl (C=O) groups is 3. The molecule has 5 aliphatic rings. The molecule has 0 radical (unpaired) electrons. The van der Waals surface area contributed by atoms with Gasteiger partial charge in [-0.15, -0.1) is 0 Å². The van der Waals surface area contributed by atoms with Crippen LogP contribution in [0.5, 0.6) is 0 Å². The summed E-state index contributed by atoms with van der Waals surface area (Å²) in [6.07, 6.45) is 5.78. The Bertz CT molecular complexity index is 1030. The van der Waals surface area contributed by atoms with Gasteiger partial charge in [0.2, 0.25) is 5.91 Å². The Morgan fingerprint density at radius 1 is 0.951 bits per heavy atom. The van der Waals surface area contributed by atoms with Gasteiger partial charge in [0.1, 0.15) is 30.9 Å². The lowest BCUT2D eigenvalue weighted by Crippen LogP contribution is -2.54. The van der Waals surface area contributed by atoms with Crippen molar-refractivity contribution in [3.05, 3.63) is 29.8 Å². The lowest BCUT2D eigenvalue weighted by molar-refractivity contribution is -0.139. The predicted octanol–water partition coefficient (Wildman–Crippen LogP) is 1.90. The summed E-state index contributed by atoms with van der Waals surface area (Å²) in [5.41, 5.74) is 1.68. The number of ether oxygens (including phenoxy) is 2. The number of likely N-dealkylation sites (tertiary alicyclic amines) is 1. The lowest BCUT2D eigenvalue weighted by atomic mass is 9.95. The minimum Gasteiger partial charge on any atom is -0.377 e. The first-order valence-electron chi connectivity index (χ1n) is 13.9. The molecular formula is C28H46N4O5S4. The molecule has 41 heavy (non-hydrogen) atoms. The fraction of sp³-hybridized carbons (Fsp3) is 0.679. The fourth-order valence-corrected chi connectivity index (χ4v) is 6.73. The van der Waals surface area contributed by atoms with Crippen LogP contribution in [0, 0.1) is 5.92 Å². The van der Waals surface area contributed by atoms with E-state index in [2.05, 4.69) is 15.1 Å². The van der Waals surface area contributed by atoms with Gasteiger partial charge >= 0.3 is 0 Å². The van der Waals surface area contributed by atoms with Crippen LogP contribution < -0.4 is 10.2 Å². The number of amides is 2. The number of piperazine rings is 1. The summed E-state index contributed by atoms with van der Waals surface area (Å²) in [4.78, 5) is 46.3. The molecule has 4 atom stereocenters. The SMILES string of the molecule is CO[C@H]1CN(C(=O)[C@@H](NC(=O)c2ccc(N3CCN(C4CC4)CC3)cc2)C2CCCC2)[C@@H]2C(=O)CO[C@H]12.S.S.S.S. The summed E-state index contributed by atoms with van der Waals surface area (Å²) >= 11 is 0. The van der Waals surface area contributed by atoms with Crippen LogP contribution in [0.3, 0.4) is 0 Å². The molecule has 3 saturated heterocycles. The van der Waals surface area contributed by atoms with Crippen molar-refractivity contribution in [3.8, 4) is 0 Å². The highest BCUT2D eigenvalue weighted by Crippen LogP contribution is 2.34. The third-order valence-electron chi connectivity index (χ3n) is 9.02. The van der Waals surface area contributed by atoms with Crippen molar-refractivity contribution in [2.24, 2.45) is 5.92 Å². The predicted molar refractivity (Wildman–Crippen MR) is 179 cm³/mol. The number of nitrogens with zero attached hydrogens (tertiary/aromatic N) is 3. The second-order valence-corrected chi connectivity index (χ2v) is 11.2. The average Bonchev–Trinajstić information content (AvgIpc) is 3.32. The van der Waals surface area contributed by atoms with Gasteiger partial charge in [0, 0.05) is 50.6 Å². The van der Waals surface area contributed by atoms with E-state index < -0.39 is 18.2 Å². The summed E-state index contributed by atoms with van der Waals surface area (Å²) in [6.45, 7) is 4.49. The zero-order valence-electron chi connectivity index (χ0n) is 23.6. The molecule has 1 aromatic carbocycles. The summed E-state index contributed by atoms with van der Waals surface area (Å²) in [6, 6.07) is 7.25. The molecule has 9 nitrogen and oxygen atoms in total. The summed E-state index contributed by atoms with van der Waals surface area (Å²) < 4.78 is 11.2. The molecule has 232 valence electrons. The Kier molecular flexibility index (Phi) is 13.7. The molecule has 5 fully saturated rings. The molecule has 13 heteroatoms. The standard InChI is InChI=1S/C28H38N4O5.4H2S/c1-36-23-16-32(25-22(33)17-37-26(23)25)28(35)24(18-4-2-3-5-18)29-27(34)19-6-8-20(9-7-19)30-12-14-31(15-13-30)21-10-11-21;;;;/h6-9,18,21,23-26H,2-5,10-17H2,1H3,(H,29,34);4*1H2/t23-,24-,25+,26+;;;;/m0..../s1. The molecule has 3 aliphatic heterocycles. The van der Waals surface area contributed by atoms with Gasteiger partial charge in [-0.25, -0.2) is 0 Å². The largest absolute Gasteiger partial charge is 0.377 e. The number of rotatable bonds is 7. The van der Waals surface area contributed by atoms with Gasteiger partial charge in [0.05, 0.1) is 6.54 Å². The molecule has 1 aromatic rings. The summed E-state index contributed by atoms with van der Waals surface area (Å²) in [5, 5.41) is 3.06. The molecule has 0 spiro atoms. The zero-order chi connectivity index (χ0) is 25.5. The van der Waals surface area contributed by atoms with Gasteiger partial charge in [-0.3, -0.25) is 19.3 Å². The summed E-state index contributed by atoms with van der Waals surface area (Å²) in [7, 11) is 1.58. The Hall–Kier alpha value is -1.09. The van der Waals surface area contributed by atoms with Crippen molar-refractivity contribution < 1.29 is 23.9 Å². The third-order valence-corrected chi connectivity index (χ3v) is 9.02. The third kappa shape index (κ3) is 7.53. The van der Waals surface area contributed by atoms with Crippen LogP contribution in [0.25, 0.3) is 0 Å². The molecule has 0 bridgehead atoms. The van der Waals surface area contributed by atoms with Gasteiger partial charge in [-0.2, -0.15) is 54.0 Å². The van der Waals surface area contributed by atoms with Crippen LogP contribution in [-0.4, -0.2) is 104 Å². The zero-order valence-corrected chi connectivity index (χ0v) is 27.6. The number of methoxy groups -OCH3 is 1. The van der Waals surface area contributed by atoms with E-state index in [9.17, 15) is 14.4 Å². The van der Waals surface area contributed by atoms with E-state index >= 15 is 0 Å². The normalized spacial score (nSPS) is 26.7. The number of Topliss-reactive ketones (excluding diaryl/α,β-unsaturated/α-hetero) is 1. The van der Waals surface area contributed by atoms with Gasteiger partial charge < -0.3 is 24.6 Å². The van der Waals surface area contributed by atoms with Crippen LogP contribution in [0.2, 0.25) is 0 Å². The first-order chi connectivity index (χ1) is 18.0. The van der Waals surface area contributed by atoms with E-state index in [0.29, 0.717) is 12.1 Å². The number of ketones is 1. The maximum Gasteiger partial charge on any atom is 0.251 e. The molecule has 6 rings (SSSR count). The Balaban J connectivity index is 0.00000147. The molecule has 0 unspecified atom stereocenters. The van der Waals surface area contributed by atoms with E-state index in [1.54, 1.807) is 12.0 Å². The van der Waals surface area contributed by atoms with Crippen LogP contribution in [-0.2, 0) is 19.1 Å². The Morgan fingerprint density at radius 3 is 2.17 bits per heavy atom. The quantitative estimate of drug-likeness (QED) is 0.484. The van der Waals surface area contributed by atoms with E-state index in [0.717, 1.165) is 63.6 Å². The molecule has 3 heterocycles. The van der Waals surface area contributed by atoms with E-state index in [-0.39, 0.29) is 90.2 Å². The van der Waals surface area contributed by atoms with E-state index in [4.69, 9.17) is 9.47 Å². The number of anilines is 1. The van der Waals surface area contributed by atoms with Crippen LogP contribution in [0.15, 0.2) is 24.3 Å². The van der Waals surface area contributed by atoms with Crippen LogP contribution >= 0.6 is 54.0 Å². The van der Waals surface area contributed by atoms with Crippen molar-refractivity contribution in [1.82, 2.24) is 15.1 Å². The second-order valence-electron chi connectivity index (χ2n) is 11.2. The van der Waals surface area contributed by atoms with Crippen LogP contribution in [0.4, 0.5) is 5.69 Å². The molecule has 1 N–H and O–H groups in total. The molecule has 2 amide bonds. The monoisotopic (exact) mass is 646 g/mol. The summed E-state index contributed by atoms with van der Waals surface area (Å²) in [5.74, 6) is -0.471. The van der Waals surface area contributed by atoms with Crippen molar-refractivity contribution in [2.75, 3.05) is 51.3 Å². The highest BCUT2D eigenvalue weighted by molar-refractivity contribution is 7.59. The minimum atomic E-state index is -0.658. The van der Waals surface area contributed by atoms with Crippen molar-refractivity contribution in [3.63, 3.8) is 0 Å². The number of benzene rings is 1. The highest BCUT2D eigenvalue weighted by Gasteiger charge is 2.54. The highest BCUT2D eigenvalue weighted by atomic mass is 32.1. The average molecular weight is 647 g/mol. The topological polar surface area (TPSA) is 91.4 Å². The van der Waals surface area contributed by atoms with E-state index in [1.165, 1.54) is 12.8 Å². The molecule has 2 saturated carbocycles. The van der Waals surface area contributed by atoms with Gasteiger partial charge in [-0.05, 0) is 55.9 Å². The first-order valence-corrected chi connectivity index (χ1v) is 13.9. The van der Waals surface area contributed by atoms with Crippen molar-refractivity contribution in [2.45, 2.75) is 68.9 Å². The lowest BCUT2D eigenvalue weighted by Gasteiger charge is -2.36. The maximum absolute atomic E-state index is 13.8. The fourth-order valence-electron chi connectivity index (χ4n) is 6.73. The Morgan fingerprint density at radius 2 is 1.59 bits per heavy atom. The molecule has 0 aromatic heterocycles. The number of hydrogen-bond acceptors (Lipinski definition) is 7. The maximum atomic E-state index is 13.8. The van der Waals surface area contributed by atoms with E-state index in [1.807, 2.05) is 24.3 Å². The van der Waals surface area contributed by atoms with Gasteiger partial charge in [0.25, 0.3) is 5.91 Å². The van der Waals surface area contributed by atoms with Crippen LogP contribution in [0.1, 0.15) is 48.9 Å². The van der Waals surface area contributed by atoms with Crippen molar-refractivity contribution >= 4 is 77.3 Å².